The highest BCUT2D eigenvalue weighted by Crippen LogP contribution is 2.39. The first kappa shape index (κ1) is 25.3. The van der Waals surface area contributed by atoms with E-state index < -0.39 is 17.8 Å². The number of halogens is 1. The molecule has 4 rings (SSSR count). The van der Waals surface area contributed by atoms with Gasteiger partial charge in [-0.2, -0.15) is 0 Å². The van der Waals surface area contributed by atoms with E-state index in [9.17, 15) is 14.4 Å². The zero-order valence-corrected chi connectivity index (χ0v) is 21.4. The smallest absolute Gasteiger partial charge is 0.338 e. The molecule has 1 N–H and O–H groups in total. The number of para-hydroxylation sites is 2. The minimum Gasteiger partial charge on any atom is -0.495 e. The van der Waals surface area contributed by atoms with Crippen LogP contribution in [-0.4, -0.2) is 31.0 Å². The maximum Gasteiger partial charge on any atom is 0.338 e. The van der Waals surface area contributed by atoms with E-state index in [4.69, 9.17) is 21.1 Å². The lowest BCUT2D eigenvalue weighted by Crippen LogP contribution is -2.32. The predicted molar refractivity (Wildman–Crippen MR) is 140 cm³/mol. The Kier molecular flexibility index (Phi) is 7.67. The number of ether oxygens (including phenoxy) is 2. The van der Waals surface area contributed by atoms with E-state index in [1.54, 1.807) is 68.4 Å². The molecule has 9 heteroatoms. The molecule has 3 aromatic carbocycles. The zero-order chi connectivity index (χ0) is 25.8. The molecular formula is C27H23ClN2O5S. The molecule has 0 bridgehead atoms. The number of rotatable bonds is 8. The molecule has 0 spiro atoms. The van der Waals surface area contributed by atoms with Crippen molar-refractivity contribution in [3.8, 4) is 5.75 Å². The van der Waals surface area contributed by atoms with Crippen LogP contribution in [0.3, 0.4) is 0 Å². The Bertz CT molecular complexity index is 1340. The lowest BCUT2D eigenvalue weighted by Gasteiger charge is -2.16. The van der Waals surface area contributed by atoms with Crippen molar-refractivity contribution in [1.29, 1.82) is 0 Å². The molecule has 0 saturated carbocycles. The van der Waals surface area contributed by atoms with Crippen LogP contribution in [0.15, 0.2) is 88.3 Å². The minimum atomic E-state index is -0.528. The number of esters is 1. The monoisotopic (exact) mass is 522 g/mol. The van der Waals surface area contributed by atoms with Gasteiger partial charge < -0.3 is 14.8 Å². The number of amides is 2. The van der Waals surface area contributed by atoms with Crippen LogP contribution in [0, 0.1) is 0 Å². The summed E-state index contributed by atoms with van der Waals surface area (Å²) in [6, 6.07) is 20.2. The van der Waals surface area contributed by atoms with E-state index >= 15 is 0 Å². The van der Waals surface area contributed by atoms with Crippen molar-refractivity contribution in [2.45, 2.75) is 24.8 Å². The minimum absolute atomic E-state index is 0.118. The van der Waals surface area contributed by atoms with Gasteiger partial charge in [0.1, 0.15) is 16.4 Å². The summed E-state index contributed by atoms with van der Waals surface area (Å²) in [6.45, 7) is 3.52. The second kappa shape index (κ2) is 10.9. The van der Waals surface area contributed by atoms with Gasteiger partial charge in [0.25, 0.3) is 11.8 Å². The first-order valence-electron chi connectivity index (χ1n) is 11.1. The molecule has 0 radical (unpaired) electrons. The number of benzene rings is 3. The van der Waals surface area contributed by atoms with Crippen molar-refractivity contribution >= 4 is 52.5 Å². The number of hydrogen-bond donors (Lipinski definition) is 1. The summed E-state index contributed by atoms with van der Waals surface area (Å²) >= 11 is 7.16. The Hall–Kier alpha value is -3.75. The highest BCUT2D eigenvalue weighted by Gasteiger charge is 2.40. The van der Waals surface area contributed by atoms with Crippen LogP contribution in [0.5, 0.6) is 5.75 Å². The summed E-state index contributed by atoms with van der Waals surface area (Å²) in [4.78, 5) is 41.3. The maximum absolute atomic E-state index is 13.6. The number of carbonyl (C=O) groups is 3. The zero-order valence-electron chi connectivity index (χ0n) is 19.8. The topological polar surface area (TPSA) is 84.9 Å². The van der Waals surface area contributed by atoms with Gasteiger partial charge in [-0.25, -0.2) is 9.69 Å². The molecule has 0 saturated heterocycles. The van der Waals surface area contributed by atoms with Gasteiger partial charge in [0.15, 0.2) is 0 Å². The number of hydrogen-bond acceptors (Lipinski definition) is 7. The third-order valence-corrected chi connectivity index (χ3v) is 6.49. The van der Waals surface area contributed by atoms with Crippen molar-refractivity contribution in [2.24, 2.45) is 0 Å². The Balaban J connectivity index is 1.69. The molecule has 1 aliphatic rings. The Morgan fingerprint density at radius 1 is 0.944 bits per heavy atom. The van der Waals surface area contributed by atoms with E-state index in [-0.39, 0.29) is 16.7 Å². The van der Waals surface area contributed by atoms with Crippen LogP contribution in [0.1, 0.15) is 24.2 Å². The third-order valence-electron chi connectivity index (χ3n) is 5.15. The molecule has 1 aliphatic heterocycles. The van der Waals surface area contributed by atoms with E-state index in [2.05, 4.69) is 5.32 Å². The van der Waals surface area contributed by atoms with E-state index in [1.165, 1.54) is 19.2 Å². The van der Waals surface area contributed by atoms with Crippen LogP contribution in [0.2, 0.25) is 5.02 Å². The fraction of sp³-hybridized carbons (Fsp3) is 0.148. The molecule has 184 valence electrons. The summed E-state index contributed by atoms with van der Waals surface area (Å²) in [5.74, 6) is -0.978. The first-order chi connectivity index (χ1) is 17.3. The van der Waals surface area contributed by atoms with Crippen molar-refractivity contribution in [3.05, 3.63) is 94.0 Å². The quantitative estimate of drug-likeness (QED) is 0.291. The molecule has 0 atom stereocenters. The van der Waals surface area contributed by atoms with Crippen molar-refractivity contribution < 1.29 is 23.9 Å². The fourth-order valence-corrected chi connectivity index (χ4v) is 4.53. The molecule has 0 unspecified atom stereocenters. The molecule has 3 aromatic rings. The summed E-state index contributed by atoms with van der Waals surface area (Å²) in [7, 11) is 1.53. The number of methoxy groups -OCH3 is 1. The summed E-state index contributed by atoms with van der Waals surface area (Å²) in [6.07, 6.45) is -0.265. The SMILES string of the molecule is COc1ccccc1NC1=C(Sc2ccc(Cl)cc2)C(=O)N(c2ccc(C(=O)OC(C)C)cc2)C1=O. The van der Waals surface area contributed by atoms with Crippen LogP contribution < -0.4 is 15.0 Å². The highest BCUT2D eigenvalue weighted by atomic mass is 35.5. The second-order valence-electron chi connectivity index (χ2n) is 8.03. The molecule has 0 aromatic heterocycles. The van der Waals surface area contributed by atoms with Gasteiger partial charge in [0.05, 0.1) is 30.2 Å². The third kappa shape index (κ3) is 5.40. The first-order valence-corrected chi connectivity index (χ1v) is 12.3. The number of thioether (sulfide) groups is 1. The Morgan fingerprint density at radius 3 is 2.25 bits per heavy atom. The van der Waals surface area contributed by atoms with Gasteiger partial charge in [-0.1, -0.05) is 35.5 Å². The van der Waals surface area contributed by atoms with E-state index in [0.717, 1.165) is 21.6 Å². The van der Waals surface area contributed by atoms with Crippen LogP contribution >= 0.6 is 23.4 Å². The highest BCUT2D eigenvalue weighted by molar-refractivity contribution is 8.04. The van der Waals surface area contributed by atoms with Gasteiger partial charge in [-0.3, -0.25) is 9.59 Å². The van der Waals surface area contributed by atoms with Crippen LogP contribution in [0.25, 0.3) is 0 Å². The summed E-state index contributed by atoms with van der Waals surface area (Å²) in [5, 5.41) is 3.66. The normalized spacial score (nSPS) is 13.4. The molecule has 0 fully saturated rings. The maximum atomic E-state index is 13.6. The van der Waals surface area contributed by atoms with Gasteiger partial charge in [-0.05, 0) is 74.5 Å². The average Bonchev–Trinajstić information content (AvgIpc) is 3.09. The van der Waals surface area contributed by atoms with Gasteiger partial charge in [-0.15, -0.1) is 0 Å². The molecular weight excluding hydrogens is 500 g/mol. The molecule has 1 heterocycles. The lowest BCUT2D eigenvalue weighted by molar-refractivity contribution is -0.120. The Labute approximate surface area is 218 Å². The van der Waals surface area contributed by atoms with Crippen molar-refractivity contribution in [2.75, 3.05) is 17.3 Å². The van der Waals surface area contributed by atoms with Crippen molar-refractivity contribution in [3.63, 3.8) is 0 Å². The predicted octanol–water partition coefficient (Wildman–Crippen LogP) is 5.90. The van der Waals surface area contributed by atoms with Gasteiger partial charge in [0, 0.05) is 9.92 Å². The second-order valence-corrected chi connectivity index (χ2v) is 9.55. The molecule has 36 heavy (non-hydrogen) atoms. The number of anilines is 2. The number of carbonyl (C=O) groups excluding carboxylic acids is 3. The average molecular weight is 523 g/mol. The fourth-order valence-electron chi connectivity index (χ4n) is 3.48. The van der Waals surface area contributed by atoms with Gasteiger partial charge >= 0.3 is 5.97 Å². The molecule has 2 amide bonds. The summed E-state index contributed by atoms with van der Waals surface area (Å²) < 4.78 is 10.6. The van der Waals surface area contributed by atoms with Crippen LogP contribution in [-0.2, 0) is 14.3 Å². The van der Waals surface area contributed by atoms with Crippen LogP contribution in [0.4, 0.5) is 11.4 Å². The lowest BCUT2D eigenvalue weighted by atomic mass is 10.2. The van der Waals surface area contributed by atoms with Crippen molar-refractivity contribution in [1.82, 2.24) is 0 Å². The van der Waals surface area contributed by atoms with Gasteiger partial charge in [0.2, 0.25) is 0 Å². The Morgan fingerprint density at radius 2 is 1.61 bits per heavy atom. The van der Waals surface area contributed by atoms with E-state index in [0.29, 0.717) is 27.7 Å². The van der Waals surface area contributed by atoms with E-state index in [1.807, 2.05) is 6.07 Å². The summed E-state index contributed by atoms with van der Waals surface area (Å²) in [5.41, 5.74) is 1.31. The largest absolute Gasteiger partial charge is 0.495 e. The number of nitrogens with zero attached hydrogens (tertiary/aromatic N) is 1. The molecule has 7 nitrogen and oxygen atoms in total. The number of imide groups is 1. The number of nitrogens with one attached hydrogen (secondary N) is 1. The standard InChI is InChI=1S/C27H23ClN2O5S/c1-16(2)35-27(33)17-8-12-19(13-9-17)30-25(31)23(29-21-6-4-5-7-22(21)34-3)24(26(30)32)36-20-14-10-18(28)11-15-20/h4-16,29H,1-3H3. The molecule has 0 aliphatic carbocycles.